The number of urea groups is 1. The quantitative estimate of drug-likeness (QED) is 0.873. The topological polar surface area (TPSA) is 54.0 Å². The van der Waals surface area contributed by atoms with Gasteiger partial charge in [-0.1, -0.05) is 26.7 Å². The van der Waals surface area contributed by atoms with Gasteiger partial charge in [-0.2, -0.15) is 0 Å². The van der Waals surface area contributed by atoms with Crippen molar-refractivity contribution in [3.63, 3.8) is 0 Å². The van der Waals surface area contributed by atoms with Crippen LogP contribution in [0.4, 0.5) is 4.79 Å². The third kappa shape index (κ3) is 3.62. The highest BCUT2D eigenvalue weighted by Gasteiger charge is 2.29. The summed E-state index contributed by atoms with van der Waals surface area (Å²) in [6.45, 7) is 6.55. The van der Waals surface area contributed by atoms with Crippen LogP contribution in [0.2, 0.25) is 0 Å². The molecule has 0 aromatic carbocycles. The molecule has 2 aliphatic carbocycles. The van der Waals surface area contributed by atoms with Crippen LogP contribution in [-0.4, -0.2) is 17.1 Å². The Hall–Kier alpha value is -1.10. The molecule has 2 fully saturated rings. The molecule has 0 bridgehead atoms. The van der Waals surface area contributed by atoms with E-state index >= 15 is 0 Å². The first-order valence-corrected chi connectivity index (χ1v) is 9.45. The molecule has 0 saturated heterocycles. The average Bonchev–Trinajstić information content (AvgIpc) is 3.21. The van der Waals surface area contributed by atoms with Crippen LogP contribution in [-0.2, 0) is 0 Å². The van der Waals surface area contributed by atoms with E-state index in [1.807, 2.05) is 6.92 Å². The number of amides is 2. The van der Waals surface area contributed by atoms with E-state index in [4.69, 9.17) is 0 Å². The molecule has 122 valence electrons. The van der Waals surface area contributed by atoms with E-state index in [1.54, 1.807) is 11.3 Å². The van der Waals surface area contributed by atoms with E-state index in [2.05, 4.69) is 34.8 Å². The van der Waals surface area contributed by atoms with E-state index in [0.29, 0.717) is 23.8 Å². The van der Waals surface area contributed by atoms with Crippen LogP contribution in [0.5, 0.6) is 0 Å². The normalized spacial score (nSPS) is 29.9. The Bertz CT molecular complexity index is 526. The Morgan fingerprint density at radius 3 is 2.82 bits per heavy atom. The third-order valence-corrected chi connectivity index (χ3v) is 6.31. The molecular formula is C17H27N3OS. The van der Waals surface area contributed by atoms with Crippen LogP contribution in [0.3, 0.4) is 0 Å². The summed E-state index contributed by atoms with van der Waals surface area (Å²) in [7, 11) is 0. The molecule has 2 amide bonds. The molecule has 0 aliphatic heterocycles. The van der Waals surface area contributed by atoms with Crippen LogP contribution < -0.4 is 10.6 Å². The SMILES string of the molecule is CC(NC(=O)NC1CCCC(C)C1C)c1csc(C2CC2)n1. The summed E-state index contributed by atoms with van der Waals surface area (Å²) in [4.78, 5) is 16.9. The Kier molecular flexibility index (Phi) is 4.71. The average molecular weight is 321 g/mol. The van der Waals surface area contributed by atoms with Gasteiger partial charge in [0, 0.05) is 17.3 Å². The second kappa shape index (κ2) is 6.57. The van der Waals surface area contributed by atoms with Gasteiger partial charge in [0.15, 0.2) is 0 Å². The number of nitrogens with one attached hydrogen (secondary N) is 2. The number of carbonyl (C=O) groups is 1. The molecule has 1 aromatic rings. The molecule has 2 aliphatic rings. The summed E-state index contributed by atoms with van der Waals surface area (Å²) in [5, 5.41) is 9.54. The van der Waals surface area contributed by atoms with Crippen molar-refractivity contribution in [1.82, 2.24) is 15.6 Å². The van der Waals surface area contributed by atoms with Gasteiger partial charge in [0.25, 0.3) is 0 Å². The third-order valence-electron chi connectivity index (χ3n) is 5.28. The molecule has 2 N–H and O–H groups in total. The fraction of sp³-hybridized carbons (Fsp3) is 0.765. The first kappa shape index (κ1) is 15.8. The summed E-state index contributed by atoms with van der Waals surface area (Å²) in [6, 6.07) is 0.216. The first-order chi connectivity index (χ1) is 10.5. The molecule has 4 unspecified atom stereocenters. The smallest absolute Gasteiger partial charge is 0.315 e. The zero-order chi connectivity index (χ0) is 15.7. The van der Waals surface area contributed by atoms with E-state index in [9.17, 15) is 4.79 Å². The minimum atomic E-state index is -0.0561. The van der Waals surface area contributed by atoms with Gasteiger partial charge in [-0.25, -0.2) is 9.78 Å². The maximum atomic E-state index is 12.3. The number of hydrogen-bond acceptors (Lipinski definition) is 3. The number of hydrogen-bond donors (Lipinski definition) is 2. The van der Waals surface area contributed by atoms with Crippen LogP contribution in [0, 0.1) is 11.8 Å². The van der Waals surface area contributed by atoms with Crippen LogP contribution in [0.25, 0.3) is 0 Å². The number of rotatable bonds is 4. The van der Waals surface area contributed by atoms with Gasteiger partial charge in [-0.15, -0.1) is 11.3 Å². The highest BCUT2D eigenvalue weighted by molar-refractivity contribution is 7.09. The van der Waals surface area contributed by atoms with Crippen molar-refractivity contribution in [1.29, 1.82) is 0 Å². The summed E-state index contributed by atoms with van der Waals surface area (Å²) < 4.78 is 0. The first-order valence-electron chi connectivity index (χ1n) is 8.57. The molecular weight excluding hydrogens is 294 g/mol. The van der Waals surface area contributed by atoms with E-state index in [-0.39, 0.29) is 12.1 Å². The molecule has 5 heteroatoms. The number of thiazole rings is 1. The Labute approximate surface area is 137 Å². The fourth-order valence-electron chi connectivity index (χ4n) is 3.28. The summed E-state index contributed by atoms with van der Waals surface area (Å²) in [5.74, 6) is 1.93. The van der Waals surface area contributed by atoms with Crippen LogP contribution in [0.15, 0.2) is 5.38 Å². The molecule has 4 atom stereocenters. The highest BCUT2D eigenvalue weighted by atomic mass is 32.1. The molecule has 4 nitrogen and oxygen atoms in total. The van der Waals surface area contributed by atoms with Crippen molar-refractivity contribution >= 4 is 17.4 Å². The Morgan fingerprint density at radius 2 is 2.09 bits per heavy atom. The minimum absolute atomic E-state index is 0.0277. The lowest BCUT2D eigenvalue weighted by Gasteiger charge is -2.34. The van der Waals surface area contributed by atoms with Crippen LogP contribution >= 0.6 is 11.3 Å². The Morgan fingerprint density at radius 1 is 1.32 bits per heavy atom. The number of nitrogens with zero attached hydrogens (tertiary/aromatic N) is 1. The number of carbonyl (C=O) groups excluding carboxylic acids is 1. The van der Waals surface area contributed by atoms with Crippen molar-refractivity contribution in [2.45, 2.75) is 70.9 Å². The van der Waals surface area contributed by atoms with Gasteiger partial charge in [0.05, 0.1) is 16.7 Å². The van der Waals surface area contributed by atoms with Crippen molar-refractivity contribution in [2.75, 3.05) is 0 Å². The van der Waals surface area contributed by atoms with Crippen molar-refractivity contribution in [2.24, 2.45) is 11.8 Å². The van der Waals surface area contributed by atoms with Gasteiger partial charge in [-0.3, -0.25) is 0 Å². The second-order valence-electron chi connectivity index (χ2n) is 7.10. The fourth-order valence-corrected chi connectivity index (χ4v) is 4.37. The maximum absolute atomic E-state index is 12.3. The minimum Gasteiger partial charge on any atom is -0.335 e. The van der Waals surface area contributed by atoms with Gasteiger partial charge < -0.3 is 10.6 Å². The van der Waals surface area contributed by atoms with Crippen molar-refractivity contribution in [3.8, 4) is 0 Å². The standard InChI is InChI=1S/C17H27N3OS/c1-10-5-4-6-14(11(10)2)20-17(21)18-12(3)15-9-22-16(19-15)13-7-8-13/h9-14H,4-8H2,1-3H3,(H2,18,20,21). The maximum Gasteiger partial charge on any atom is 0.315 e. The molecule has 1 aromatic heterocycles. The van der Waals surface area contributed by atoms with E-state index < -0.39 is 0 Å². The van der Waals surface area contributed by atoms with Crippen LogP contribution in [0.1, 0.15) is 75.5 Å². The van der Waals surface area contributed by atoms with Gasteiger partial charge in [0.1, 0.15) is 0 Å². The molecule has 3 rings (SSSR count). The molecule has 0 spiro atoms. The number of aromatic nitrogens is 1. The largest absolute Gasteiger partial charge is 0.335 e. The zero-order valence-electron chi connectivity index (χ0n) is 13.8. The lowest BCUT2D eigenvalue weighted by molar-refractivity contribution is 0.193. The lowest BCUT2D eigenvalue weighted by atomic mass is 9.78. The predicted octanol–water partition coefficient (Wildman–Crippen LogP) is 4.21. The van der Waals surface area contributed by atoms with Crippen molar-refractivity contribution in [3.05, 3.63) is 16.1 Å². The lowest BCUT2D eigenvalue weighted by Crippen LogP contribution is -2.48. The molecule has 2 saturated carbocycles. The van der Waals surface area contributed by atoms with Crippen molar-refractivity contribution < 1.29 is 4.79 Å². The van der Waals surface area contributed by atoms with Gasteiger partial charge >= 0.3 is 6.03 Å². The highest BCUT2D eigenvalue weighted by Crippen LogP contribution is 2.41. The second-order valence-corrected chi connectivity index (χ2v) is 7.99. The summed E-state index contributed by atoms with van der Waals surface area (Å²) >= 11 is 1.73. The molecule has 22 heavy (non-hydrogen) atoms. The van der Waals surface area contributed by atoms with E-state index in [0.717, 1.165) is 12.1 Å². The summed E-state index contributed by atoms with van der Waals surface area (Å²) in [5.41, 5.74) is 0.993. The van der Waals surface area contributed by atoms with Gasteiger partial charge in [0.2, 0.25) is 0 Å². The molecule has 1 heterocycles. The van der Waals surface area contributed by atoms with E-state index in [1.165, 1.54) is 30.7 Å². The zero-order valence-corrected chi connectivity index (χ0v) is 14.6. The predicted molar refractivity (Wildman–Crippen MR) is 90.1 cm³/mol. The summed E-state index contributed by atoms with van der Waals surface area (Å²) in [6.07, 6.45) is 6.12. The monoisotopic (exact) mass is 321 g/mol. The Balaban J connectivity index is 1.51. The molecule has 0 radical (unpaired) electrons. The van der Waals surface area contributed by atoms with Gasteiger partial charge in [-0.05, 0) is 38.0 Å².